The maximum absolute atomic E-state index is 9.38. The number of hydrogen-bond donors (Lipinski definition) is 3. The summed E-state index contributed by atoms with van der Waals surface area (Å²) in [5, 5.41) is 12.7. The first-order chi connectivity index (χ1) is 7.75. The lowest BCUT2D eigenvalue weighted by atomic mass is 9.89. The monoisotopic (exact) mass is 220 g/mol. The van der Waals surface area contributed by atoms with Crippen LogP contribution in [-0.4, -0.2) is 11.7 Å². The van der Waals surface area contributed by atoms with E-state index >= 15 is 0 Å². The minimum atomic E-state index is 0.264. The van der Waals surface area contributed by atoms with Crippen molar-refractivity contribution in [2.75, 3.05) is 17.6 Å². The molecule has 1 aromatic carbocycles. The Morgan fingerprint density at radius 1 is 1.25 bits per heavy atom. The molecule has 0 aromatic heterocycles. The fourth-order valence-corrected chi connectivity index (χ4v) is 2.34. The molecule has 0 aliphatic heterocycles. The van der Waals surface area contributed by atoms with Gasteiger partial charge in [0.15, 0.2) is 0 Å². The summed E-state index contributed by atoms with van der Waals surface area (Å²) in [7, 11) is 0. The number of phenols is 1. The summed E-state index contributed by atoms with van der Waals surface area (Å²) in [5.74, 6) is 1.02. The molecule has 0 bridgehead atoms. The summed E-state index contributed by atoms with van der Waals surface area (Å²) in [6.07, 6.45) is 6.70. The normalized spacial score (nSPS) is 17.2. The smallest absolute Gasteiger partial charge is 0.117 e. The summed E-state index contributed by atoms with van der Waals surface area (Å²) in [6, 6.07) is 5.04. The van der Waals surface area contributed by atoms with Gasteiger partial charge in [0.05, 0.1) is 11.4 Å². The number of nitrogens with two attached hydrogens (primary N) is 1. The Labute approximate surface area is 96.7 Å². The Morgan fingerprint density at radius 2 is 2.00 bits per heavy atom. The minimum absolute atomic E-state index is 0.264. The van der Waals surface area contributed by atoms with Gasteiger partial charge in [0.25, 0.3) is 0 Å². The van der Waals surface area contributed by atoms with Crippen LogP contribution in [-0.2, 0) is 0 Å². The van der Waals surface area contributed by atoms with Crippen molar-refractivity contribution in [3.63, 3.8) is 0 Å². The van der Waals surface area contributed by atoms with Gasteiger partial charge in [-0.15, -0.1) is 0 Å². The van der Waals surface area contributed by atoms with E-state index in [1.807, 2.05) is 0 Å². The number of nitrogen functional groups attached to an aromatic ring is 1. The highest BCUT2D eigenvalue weighted by atomic mass is 16.3. The second-order valence-electron chi connectivity index (χ2n) is 4.66. The number of nitrogens with one attached hydrogen (secondary N) is 1. The Bertz CT molecular complexity index is 346. The molecule has 0 unspecified atom stereocenters. The molecule has 0 saturated heterocycles. The van der Waals surface area contributed by atoms with E-state index in [-0.39, 0.29) is 5.75 Å². The minimum Gasteiger partial charge on any atom is -0.508 e. The highest BCUT2D eigenvalue weighted by molar-refractivity contribution is 5.67. The number of anilines is 2. The third-order valence-corrected chi connectivity index (χ3v) is 3.34. The molecule has 1 aromatic rings. The zero-order chi connectivity index (χ0) is 11.4. The van der Waals surface area contributed by atoms with Crippen LogP contribution in [0.5, 0.6) is 5.75 Å². The molecule has 0 spiro atoms. The lowest BCUT2D eigenvalue weighted by Crippen LogP contribution is -2.17. The van der Waals surface area contributed by atoms with Crippen LogP contribution in [0.15, 0.2) is 18.2 Å². The standard InChI is InChI=1S/C13H20N2O/c14-12-7-6-11(16)8-13(12)15-9-10-4-2-1-3-5-10/h6-8,10,15-16H,1-5,9,14H2. The molecular formula is C13H20N2O. The van der Waals surface area contributed by atoms with Gasteiger partial charge in [-0.05, 0) is 30.9 Å². The van der Waals surface area contributed by atoms with Crippen molar-refractivity contribution in [3.05, 3.63) is 18.2 Å². The quantitative estimate of drug-likeness (QED) is 0.542. The molecule has 88 valence electrons. The third kappa shape index (κ3) is 2.81. The maximum atomic E-state index is 9.38. The van der Waals surface area contributed by atoms with E-state index in [9.17, 15) is 5.11 Å². The molecule has 0 heterocycles. The average molecular weight is 220 g/mol. The molecule has 0 atom stereocenters. The highest BCUT2D eigenvalue weighted by Crippen LogP contribution is 2.27. The van der Waals surface area contributed by atoms with Gasteiger partial charge in [0, 0.05) is 12.6 Å². The van der Waals surface area contributed by atoms with Crippen LogP contribution in [0.1, 0.15) is 32.1 Å². The highest BCUT2D eigenvalue weighted by Gasteiger charge is 2.13. The van der Waals surface area contributed by atoms with Gasteiger partial charge in [-0.25, -0.2) is 0 Å². The number of hydrogen-bond acceptors (Lipinski definition) is 3. The van der Waals surface area contributed by atoms with Crippen molar-refractivity contribution in [2.45, 2.75) is 32.1 Å². The van der Waals surface area contributed by atoms with Crippen LogP contribution in [0.2, 0.25) is 0 Å². The fourth-order valence-electron chi connectivity index (χ4n) is 2.34. The molecule has 1 aliphatic carbocycles. The molecule has 1 aliphatic rings. The van der Waals surface area contributed by atoms with Crippen LogP contribution in [0.4, 0.5) is 11.4 Å². The number of rotatable bonds is 3. The molecular weight excluding hydrogens is 200 g/mol. The Balaban J connectivity index is 1.90. The van der Waals surface area contributed by atoms with Crippen LogP contribution >= 0.6 is 0 Å². The van der Waals surface area contributed by atoms with E-state index in [4.69, 9.17) is 5.73 Å². The van der Waals surface area contributed by atoms with E-state index in [1.54, 1.807) is 18.2 Å². The zero-order valence-electron chi connectivity index (χ0n) is 9.58. The van der Waals surface area contributed by atoms with E-state index in [0.717, 1.165) is 18.2 Å². The first kappa shape index (κ1) is 11.1. The fraction of sp³-hybridized carbons (Fsp3) is 0.538. The Morgan fingerprint density at radius 3 is 2.75 bits per heavy atom. The summed E-state index contributed by atoms with van der Waals surface area (Å²) in [5.41, 5.74) is 7.39. The third-order valence-electron chi connectivity index (χ3n) is 3.34. The summed E-state index contributed by atoms with van der Waals surface area (Å²) >= 11 is 0. The SMILES string of the molecule is Nc1ccc(O)cc1NCC1CCCCC1. The lowest BCUT2D eigenvalue weighted by molar-refractivity contribution is 0.373. The molecule has 3 heteroatoms. The second-order valence-corrected chi connectivity index (χ2v) is 4.66. The zero-order valence-corrected chi connectivity index (χ0v) is 9.58. The number of phenolic OH excluding ortho intramolecular Hbond substituents is 1. The molecule has 0 radical (unpaired) electrons. The van der Waals surface area contributed by atoms with Crippen molar-refractivity contribution in [1.82, 2.24) is 0 Å². The molecule has 0 amide bonds. The molecule has 1 fully saturated rings. The average Bonchev–Trinajstić information content (AvgIpc) is 2.32. The van der Waals surface area contributed by atoms with Crippen molar-refractivity contribution in [1.29, 1.82) is 0 Å². The predicted octanol–water partition coefficient (Wildman–Crippen LogP) is 2.97. The van der Waals surface area contributed by atoms with Crippen molar-refractivity contribution < 1.29 is 5.11 Å². The van der Waals surface area contributed by atoms with Crippen molar-refractivity contribution in [2.24, 2.45) is 5.92 Å². The summed E-state index contributed by atoms with van der Waals surface area (Å²) in [6.45, 7) is 0.966. The predicted molar refractivity (Wildman–Crippen MR) is 67.6 cm³/mol. The van der Waals surface area contributed by atoms with Gasteiger partial charge in [-0.2, -0.15) is 0 Å². The van der Waals surface area contributed by atoms with Gasteiger partial charge in [0.2, 0.25) is 0 Å². The van der Waals surface area contributed by atoms with E-state index in [0.29, 0.717) is 5.69 Å². The van der Waals surface area contributed by atoms with Crippen LogP contribution < -0.4 is 11.1 Å². The second kappa shape index (κ2) is 5.10. The van der Waals surface area contributed by atoms with Crippen LogP contribution in [0, 0.1) is 5.92 Å². The van der Waals surface area contributed by atoms with E-state index in [1.165, 1.54) is 32.1 Å². The van der Waals surface area contributed by atoms with E-state index in [2.05, 4.69) is 5.32 Å². The number of benzene rings is 1. The molecule has 4 N–H and O–H groups in total. The molecule has 1 saturated carbocycles. The van der Waals surface area contributed by atoms with Crippen LogP contribution in [0.25, 0.3) is 0 Å². The lowest BCUT2D eigenvalue weighted by Gasteiger charge is -2.22. The first-order valence-electron chi connectivity index (χ1n) is 6.08. The number of aromatic hydroxyl groups is 1. The Kier molecular flexibility index (Phi) is 3.54. The van der Waals surface area contributed by atoms with Gasteiger partial charge in [0.1, 0.15) is 5.75 Å². The topological polar surface area (TPSA) is 58.3 Å². The van der Waals surface area contributed by atoms with Gasteiger partial charge in [-0.3, -0.25) is 0 Å². The maximum Gasteiger partial charge on any atom is 0.117 e. The van der Waals surface area contributed by atoms with Crippen molar-refractivity contribution >= 4 is 11.4 Å². The van der Waals surface area contributed by atoms with Gasteiger partial charge in [-0.1, -0.05) is 19.3 Å². The molecule has 3 nitrogen and oxygen atoms in total. The summed E-state index contributed by atoms with van der Waals surface area (Å²) in [4.78, 5) is 0. The molecule has 16 heavy (non-hydrogen) atoms. The van der Waals surface area contributed by atoms with Crippen LogP contribution in [0.3, 0.4) is 0 Å². The largest absolute Gasteiger partial charge is 0.508 e. The Hall–Kier alpha value is -1.38. The summed E-state index contributed by atoms with van der Waals surface area (Å²) < 4.78 is 0. The van der Waals surface area contributed by atoms with Gasteiger partial charge >= 0.3 is 0 Å². The van der Waals surface area contributed by atoms with Crippen molar-refractivity contribution in [3.8, 4) is 5.75 Å². The van der Waals surface area contributed by atoms with Gasteiger partial charge < -0.3 is 16.2 Å². The first-order valence-corrected chi connectivity index (χ1v) is 6.08. The van der Waals surface area contributed by atoms with E-state index < -0.39 is 0 Å². The molecule has 2 rings (SSSR count).